The fourth-order valence-electron chi connectivity index (χ4n) is 2.37. The summed E-state index contributed by atoms with van der Waals surface area (Å²) in [6.45, 7) is 6.48. The fourth-order valence-corrected chi connectivity index (χ4v) is 3.21. The first-order valence-electron chi connectivity index (χ1n) is 8.21. The van der Waals surface area contributed by atoms with Crippen LogP contribution < -0.4 is 4.43 Å². The van der Waals surface area contributed by atoms with Gasteiger partial charge in [-0.3, -0.25) is 9.97 Å². The van der Waals surface area contributed by atoms with Gasteiger partial charge in [0, 0.05) is 18.0 Å². The summed E-state index contributed by atoms with van der Waals surface area (Å²) in [5.74, 6) is 0.805. The maximum atomic E-state index is 6.20. The van der Waals surface area contributed by atoms with Gasteiger partial charge >= 0.3 is 0 Å². The lowest BCUT2D eigenvalue weighted by molar-refractivity contribution is 0.559. The van der Waals surface area contributed by atoms with Gasteiger partial charge in [0.25, 0.3) is 0 Å². The molecule has 3 rings (SSSR count). The molecule has 0 bridgehead atoms. The van der Waals surface area contributed by atoms with E-state index in [0.29, 0.717) is 0 Å². The number of aromatic nitrogens is 2. The summed E-state index contributed by atoms with van der Waals surface area (Å²) in [6, 6.07) is 17.9. The zero-order chi connectivity index (χ0) is 17.7. The predicted molar refractivity (Wildman–Crippen MR) is 104 cm³/mol. The van der Waals surface area contributed by atoms with Gasteiger partial charge in [-0.15, -0.1) is 0 Å². The van der Waals surface area contributed by atoms with Crippen LogP contribution in [0.5, 0.6) is 5.75 Å². The molecule has 5 heteroatoms. The first-order chi connectivity index (χ1) is 12.0. The maximum absolute atomic E-state index is 6.20. The van der Waals surface area contributed by atoms with Crippen LogP contribution >= 0.6 is 0 Å². The largest absolute Gasteiger partial charge is 0.543 e. The Hall–Kier alpha value is -2.79. The zero-order valence-electron chi connectivity index (χ0n) is 14.7. The van der Waals surface area contributed by atoms with Crippen LogP contribution in [0.15, 0.2) is 78.2 Å². The molecule has 0 atom stereocenters. The van der Waals surface area contributed by atoms with Crippen molar-refractivity contribution in [3.63, 3.8) is 0 Å². The second-order valence-corrected chi connectivity index (χ2v) is 11.0. The molecule has 3 aromatic rings. The van der Waals surface area contributed by atoms with Gasteiger partial charge in [-0.05, 0) is 31.8 Å². The van der Waals surface area contributed by atoms with Crippen molar-refractivity contribution in [1.82, 2.24) is 9.97 Å². The van der Waals surface area contributed by atoms with Gasteiger partial charge in [0.15, 0.2) is 0 Å². The summed E-state index contributed by atoms with van der Waals surface area (Å²) in [6.07, 6.45) is 5.07. The molecule has 0 amide bonds. The van der Waals surface area contributed by atoms with E-state index in [-0.39, 0.29) is 0 Å². The molecule has 0 N–H and O–H groups in total. The van der Waals surface area contributed by atoms with Gasteiger partial charge in [-0.25, -0.2) is 4.99 Å². The second-order valence-electron chi connectivity index (χ2n) is 6.60. The van der Waals surface area contributed by atoms with Gasteiger partial charge in [0.1, 0.15) is 17.1 Å². The first-order valence-corrected chi connectivity index (χ1v) is 11.6. The highest BCUT2D eigenvalue weighted by atomic mass is 28.4. The number of rotatable bonds is 5. The van der Waals surface area contributed by atoms with E-state index in [1.54, 1.807) is 18.6 Å². The Labute approximate surface area is 149 Å². The lowest BCUT2D eigenvalue weighted by atomic mass is 10.1. The minimum atomic E-state index is -1.74. The summed E-state index contributed by atoms with van der Waals surface area (Å²) in [7, 11) is -1.74. The SMILES string of the molecule is C[Si](C)(C)Oc1ccccc1N=C(c1ccccc1)c1cnccn1. The quantitative estimate of drug-likeness (QED) is 0.489. The zero-order valence-corrected chi connectivity index (χ0v) is 15.7. The maximum Gasteiger partial charge on any atom is 0.242 e. The van der Waals surface area contributed by atoms with Crippen molar-refractivity contribution in [1.29, 1.82) is 0 Å². The summed E-state index contributed by atoms with van der Waals surface area (Å²) in [5, 5.41) is 0. The number of benzene rings is 2. The number of hydrogen-bond donors (Lipinski definition) is 0. The van der Waals surface area contributed by atoms with Crippen molar-refractivity contribution >= 4 is 19.7 Å². The molecule has 1 aromatic heterocycles. The van der Waals surface area contributed by atoms with Gasteiger partial charge in [-0.1, -0.05) is 42.5 Å². The van der Waals surface area contributed by atoms with Crippen molar-refractivity contribution in [2.24, 2.45) is 4.99 Å². The van der Waals surface area contributed by atoms with Crippen LogP contribution in [0.4, 0.5) is 5.69 Å². The van der Waals surface area contributed by atoms with Crippen molar-refractivity contribution in [2.75, 3.05) is 0 Å². The van der Waals surface area contributed by atoms with E-state index in [4.69, 9.17) is 9.42 Å². The van der Waals surface area contributed by atoms with E-state index in [9.17, 15) is 0 Å². The van der Waals surface area contributed by atoms with Gasteiger partial charge in [0.05, 0.1) is 11.9 Å². The van der Waals surface area contributed by atoms with Crippen molar-refractivity contribution < 1.29 is 4.43 Å². The molecule has 0 aliphatic carbocycles. The number of hydrogen-bond acceptors (Lipinski definition) is 4. The van der Waals surface area contributed by atoms with Crippen LogP contribution in [0, 0.1) is 0 Å². The monoisotopic (exact) mass is 347 g/mol. The molecule has 0 aliphatic heterocycles. The van der Waals surface area contributed by atoms with Crippen LogP contribution in [-0.2, 0) is 0 Å². The van der Waals surface area contributed by atoms with E-state index in [1.165, 1.54) is 0 Å². The van der Waals surface area contributed by atoms with E-state index in [0.717, 1.165) is 28.4 Å². The Morgan fingerprint density at radius 2 is 1.64 bits per heavy atom. The first kappa shape index (κ1) is 17.0. The van der Waals surface area contributed by atoms with Crippen LogP contribution in [0.1, 0.15) is 11.3 Å². The normalized spacial score (nSPS) is 12.0. The van der Waals surface area contributed by atoms with E-state index >= 15 is 0 Å². The molecule has 0 radical (unpaired) electrons. The Morgan fingerprint density at radius 3 is 2.32 bits per heavy atom. The van der Waals surface area contributed by atoms with Gasteiger partial charge in [-0.2, -0.15) is 0 Å². The molecule has 25 heavy (non-hydrogen) atoms. The molecule has 0 saturated heterocycles. The average molecular weight is 347 g/mol. The van der Waals surface area contributed by atoms with Crippen molar-refractivity contribution in [3.05, 3.63) is 84.4 Å². The topological polar surface area (TPSA) is 47.4 Å². The van der Waals surface area contributed by atoms with E-state index in [2.05, 4.69) is 29.6 Å². The number of nitrogens with zero attached hydrogens (tertiary/aromatic N) is 3. The fraction of sp³-hybridized carbons (Fsp3) is 0.150. The predicted octanol–water partition coefficient (Wildman–Crippen LogP) is 4.86. The summed E-state index contributed by atoms with van der Waals surface area (Å²) < 4.78 is 6.20. The van der Waals surface area contributed by atoms with E-state index in [1.807, 2.05) is 54.6 Å². The Balaban J connectivity index is 2.12. The summed E-state index contributed by atoms with van der Waals surface area (Å²) in [5.41, 5.74) is 3.30. The lowest BCUT2D eigenvalue weighted by Crippen LogP contribution is -2.29. The molecular weight excluding hydrogens is 326 g/mol. The molecule has 0 spiro atoms. The molecule has 1 heterocycles. The molecule has 0 aliphatic rings. The lowest BCUT2D eigenvalue weighted by Gasteiger charge is -2.20. The minimum Gasteiger partial charge on any atom is -0.543 e. The van der Waals surface area contributed by atoms with E-state index < -0.39 is 8.32 Å². The minimum absolute atomic E-state index is 0.733. The van der Waals surface area contributed by atoms with Gasteiger partial charge < -0.3 is 4.43 Å². The third-order valence-electron chi connectivity index (χ3n) is 3.37. The van der Waals surface area contributed by atoms with Crippen LogP contribution in [0.3, 0.4) is 0 Å². The third-order valence-corrected chi connectivity index (χ3v) is 4.20. The highest BCUT2D eigenvalue weighted by Gasteiger charge is 2.18. The molecule has 0 unspecified atom stereocenters. The number of para-hydroxylation sites is 2. The standard InChI is InChI=1S/C20H21N3OSi/c1-25(2,3)24-19-12-8-7-11-17(19)23-20(16-9-5-4-6-10-16)18-15-21-13-14-22-18/h4-15H,1-3H3. The second kappa shape index (κ2) is 7.40. The highest BCUT2D eigenvalue weighted by molar-refractivity contribution is 6.70. The molecule has 126 valence electrons. The van der Waals surface area contributed by atoms with Crippen LogP contribution in [0.2, 0.25) is 19.6 Å². The molecule has 2 aromatic carbocycles. The Bertz CT molecular complexity index is 817. The van der Waals surface area contributed by atoms with Crippen LogP contribution in [0.25, 0.3) is 0 Å². The third kappa shape index (κ3) is 4.61. The summed E-state index contributed by atoms with van der Waals surface area (Å²) in [4.78, 5) is 13.5. The highest BCUT2D eigenvalue weighted by Crippen LogP contribution is 2.30. The Morgan fingerprint density at radius 1 is 0.920 bits per heavy atom. The molecular formula is C20H21N3OSi. The average Bonchev–Trinajstić information content (AvgIpc) is 2.61. The Kier molecular flexibility index (Phi) is 5.05. The molecule has 0 saturated carbocycles. The van der Waals surface area contributed by atoms with Crippen molar-refractivity contribution in [3.8, 4) is 5.75 Å². The van der Waals surface area contributed by atoms with Gasteiger partial charge in [0.2, 0.25) is 8.32 Å². The smallest absolute Gasteiger partial charge is 0.242 e. The molecule has 4 nitrogen and oxygen atoms in total. The van der Waals surface area contributed by atoms with Crippen molar-refractivity contribution in [2.45, 2.75) is 19.6 Å². The van der Waals surface area contributed by atoms with Crippen LogP contribution in [-0.4, -0.2) is 24.0 Å². The number of aliphatic imine (C=N–C) groups is 1. The summed E-state index contributed by atoms with van der Waals surface area (Å²) >= 11 is 0. The molecule has 0 fully saturated rings.